The summed E-state index contributed by atoms with van der Waals surface area (Å²) in [6, 6.07) is 8.73. The number of aliphatic imine (C=N–C) groups is 1. The van der Waals surface area contributed by atoms with Crippen molar-refractivity contribution >= 4 is 6.08 Å². The number of isocyanates is 1. The van der Waals surface area contributed by atoms with Crippen molar-refractivity contribution in [3.05, 3.63) is 35.4 Å². The Labute approximate surface area is 134 Å². The highest BCUT2D eigenvalue weighted by molar-refractivity contribution is 5.43. The summed E-state index contributed by atoms with van der Waals surface area (Å²) in [6.45, 7) is 4.76. The average Bonchev–Trinajstić information content (AvgIpc) is 2.97. The summed E-state index contributed by atoms with van der Waals surface area (Å²) in [5.74, 6) is 0.628. The Bertz CT molecular complexity index is 567. The molecule has 1 aromatic rings. The number of rotatable bonds is 3. The van der Waals surface area contributed by atoms with Gasteiger partial charge in [0.2, 0.25) is 6.08 Å². The zero-order chi connectivity index (χ0) is 15.6. The molecular weight excluding hydrogens is 270 g/mol. The second-order valence-corrected chi connectivity index (χ2v) is 7.97. The first-order valence-electron chi connectivity index (χ1n) is 8.75. The van der Waals surface area contributed by atoms with E-state index in [0.717, 1.165) is 25.7 Å². The minimum absolute atomic E-state index is 0.286. The predicted octanol–water partition coefficient (Wildman–Crippen LogP) is 5.48. The Kier molecular flexibility index (Phi) is 4.23. The van der Waals surface area contributed by atoms with E-state index < -0.39 is 0 Å². The zero-order valence-corrected chi connectivity index (χ0v) is 13.9. The Hall–Kier alpha value is -1.40. The Morgan fingerprint density at radius 2 is 1.68 bits per heavy atom. The minimum atomic E-state index is -0.286. The van der Waals surface area contributed by atoms with Crippen LogP contribution in [0, 0.1) is 5.41 Å². The van der Waals surface area contributed by atoms with Crippen LogP contribution in [-0.4, -0.2) is 6.08 Å². The van der Waals surface area contributed by atoms with Gasteiger partial charge in [-0.25, -0.2) is 4.79 Å². The van der Waals surface area contributed by atoms with Crippen LogP contribution in [0.2, 0.25) is 0 Å². The SMILES string of the molecule is CC1(C)CCC(c2ccccc2C2(N=C=O)CCCC2)CC1. The fourth-order valence-corrected chi connectivity index (χ4v) is 4.48. The number of hydrogen-bond acceptors (Lipinski definition) is 2. The molecule has 0 bridgehead atoms. The molecule has 0 radical (unpaired) electrons. The van der Waals surface area contributed by atoms with Gasteiger partial charge in [-0.15, -0.1) is 0 Å². The van der Waals surface area contributed by atoms with Crippen molar-refractivity contribution in [2.45, 2.75) is 76.7 Å². The summed E-state index contributed by atoms with van der Waals surface area (Å²) in [6.07, 6.45) is 11.3. The van der Waals surface area contributed by atoms with Gasteiger partial charge in [0.15, 0.2) is 0 Å². The summed E-state index contributed by atoms with van der Waals surface area (Å²) in [7, 11) is 0. The molecule has 22 heavy (non-hydrogen) atoms. The molecule has 0 amide bonds. The summed E-state index contributed by atoms with van der Waals surface area (Å²) >= 11 is 0. The van der Waals surface area contributed by atoms with Crippen LogP contribution in [0.1, 0.15) is 82.3 Å². The van der Waals surface area contributed by atoms with E-state index in [4.69, 9.17) is 0 Å². The molecule has 1 aromatic carbocycles. The van der Waals surface area contributed by atoms with E-state index in [1.807, 2.05) is 6.08 Å². The van der Waals surface area contributed by atoms with E-state index in [9.17, 15) is 4.79 Å². The molecule has 2 heteroatoms. The molecular formula is C20H27NO. The van der Waals surface area contributed by atoms with Gasteiger partial charge in [0.05, 0.1) is 5.54 Å². The third kappa shape index (κ3) is 2.90. The van der Waals surface area contributed by atoms with Gasteiger partial charge in [-0.05, 0) is 61.0 Å². The van der Waals surface area contributed by atoms with Crippen molar-refractivity contribution in [1.82, 2.24) is 0 Å². The quantitative estimate of drug-likeness (QED) is 0.537. The van der Waals surface area contributed by atoms with Crippen LogP contribution in [0.5, 0.6) is 0 Å². The first kappa shape index (κ1) is 15.5. The Morgan fingerprint density at radius 3 is 2.32 bits per heavy atom. The number of nitrogens with zero attached hydrogens (tertiary/aromatic N) is 1. The molecule has 0 atom stereocenters. The molecule has 118 valence electrons. The second-order valence-electron chi connectivity index (χ2n) is 7.97. The lowest BCUT2D eigenvalue weighted by atomic mass is 9.69. The molecule has 2 nitrogen and oxygen atoms in total. The van der Waals surface area contributed by atoms with E-state index in [1.165, 1.54) is 36.8 Å². The maximum absolute atomic E-state index is 11.0. The molecule has 0 saturated heterocycles. The normalized spacial score (nSPS) is 23.9. The molecule has 0 unspecified atom stereocenters. The number of benzene rings is 1. The molecule has 2 saturated carbocycles. The molecule has 0 spiro atoms. The van der Waals surface area contributed by atoms with Crippen LogP contribution < -0.4 is 0 Å². The van der Waals surface area contributed by atoms with Crippen LogP contribution >= 0.6 is 0 Å². The maximum atomic E-state index is 11.0. The van der Waals surface area contributed by atoms with E-state index in [0.29, 0.717) is 11.3 Å². The highest BCUT2D eigenvalue weighted by atomic mass is 16.1. The van der Waals surface area contributed by atoms with Crippen LogP contribution in [-0.2, 0) is 10.3 Å². The fraction of sp³-hybridized carbons (Fsp3) is 0.650. The lowest BCUT2D eigenvalue weighted by Crippen LogP contribution is -2.25. The van der Waals surface area contributed by atoms with Gasteiger partial charge in [0.1, 0.15) is 0 Å². The van der Waals surface area contributed by atoms with Crippen molar-refractivity contribution in [3.8, 4) is 0 Å². The van der Waals surface area contributed by atoms with Crippen LogP contribution in [0.15, 0.2) is 29.3 Å². The highest BCUT2D eigenvalue weighted by Gasteiger charge is 2.39. The van der Waals surface area contributed by atoms with E-state index in [-0.39, 0.29) is 5.54 Å². The molecule has 2 fully saturated rings. The Morgan fingerprint density at radius 1 is 1.05 bits per heavy atom. The highest BCUT2D eigenvalue weighted by Crippen LogP contribution is 2.48. The summed E-state index contributed by atoms with van der Waals surface area (Å²) in [4.78, 5) is 15.3. The minimum Gasteiger partial charge on any atom is -0.211 e. The molecule has 0 N–H and O–H groups in total. The first-order chi connectivity index (χ1) is 10.6. The third-order valence-electron chi connectivity index (χ3n) is 5.93. The van der Waals surface area contributed by atoms with Crippen LogP contribution in [0.4, 0.5) is 0 Å². The largest absolute Gasteiger partial charge is 0.235 e. The molecule has 0 aliphatic heterocycles. The van der Waals surface area contributed by atoms with Crippen LogP contribution in [0.25, 0.3) is 0 Å². The summed E-state index contributed by atoms with van der Waals surface area (Å²) in [5, 5.41) is 0. The molecule has 2 aliphatic rings. The monoisotopic (exact) mass is 297 g/mol. The predicted molar refractivity (Wildman–Crippen MR) is 89.7 cm³/mol. The summed E-state index contributed by atoms with van der Waals surface area (Å²) < 4.78 is 0. The van der Waals surface area contributed by atoms with Gasteiger partial charge in [-0.2, -0.15) is 4.99 Å². The standard InChI is InChI=1S/C20H27NO/c1-19(2)13-9-16(10-14-19)17-7-3-4-8-18(17)20(21-15-22)11-5-6-12-20/h3-4,7-8,16H,5-6,9-14H2,1-2H3. The summed E-state index contributed by atoms with van der Waals surface area (Å²) in [5.41, 5.74) is 2.95. The van der Waals surface area contributed by atoms with Gasteiger partial charge in [0, 0.05) is 0 Å². The van der Waals surface area contributed by atoms with E-state index in [1.54, 1.807) is 0 Å². The molecule has 2 aliphatic carbocycles. The van der Waals surface area contributed by atoms with Gasteiger partial charge >= 0.3 is 0 Å². The zero-order valence-electron chi connectivity index (χ0n) is 13.9. The van der Waals surface area contributed by atoms with E-state index in [2.05, 4.69) is 43.1 Å². The fourth-order valence-electron chi connectivity index (χ4n) is 4.48. The van der Waals surface area contributed by atoms with Gasteiger partial charge in [-0.3, -0.25) is 0 Å². The molecule has 0 aromatic heterocycles. The lowest BCUT2D eigenvalue weighted by molar-refractivity contribution is 0.223. The van der Waals surface area contributed by atoms with Crippen molar-refractivity contribution in [2.24, 2.45) is 10.4 Å². The Balaban J connectivity index is 1.95. The average molecular weight is 297 g/mol. The van der Waals surface area contributed by atoms with Crippen molar-refractivity contribution in [1.29, 1.82) is 0 Å². The van der Waals surface area contributed by atoms with Gasteiger partial charge in [-0.1, -0.05) is 51.0 Å². The van der Waals surface area contributed by atoms with Crippen LogP contribution in [0.3, 0.4) is 0 Å². The van der Waals surface area contributed by atoms with E-state index >= 15 is 0 Å². The smallest absolute Gasteiger partial charge is 0.211 e. The number of hydrogen-bond donors (Lipinski definition) is 0. The lowest BCUT2D eigenvalue weighted by Gasteiger charge is -2.37. The molecule has 0 heterocycles. The first-order valence-corrected chi connectivity index (χ1v) is 8.75. The topological polar surface area (TPSA) is 29.4 Å². The van der Waals surface area contributed by atoms with Gasteiger partial charge in [0.25, 0.3) is 0 Å². The maximum Gasteiger partial charge on any atom is 0.235 e. The number of carbonyl (C=O) groups excluding carboxylic acids is 1. The van der Waals surface area contributed by atoms with Crippen molar-refractivity contribution < 1.29 is 4.79 Å². The van der Waals surface area contributed by atoms with Crippen molar-refractivity contribution in [2.75, 3.05) is 0 Å². The third-order valence-corrected chi connectivity index (χ3v) is 5.93. The van der Waals surface area contributed by atoms with Gasteiger partial charge < -0.3 is 0 Å². The molecule has 3 rings (SSSR count). The second kappa shape index (κ2) is 6.01. The van der Waals surface area contributed by atoms with Crippen molar-refractivity contribution in [3.63, 3.8) is 0 Å².